The predicted molar refractivity (Wildman–Crippen MR) is 82.5 cm³/mol. The molecule has 2 atom stereocenters. The largest absolute Gasteiger partial charge is 0.457 e. The Bertz CT molecular complexity index is 431. The second-order valence-corrected chi connectivity index (χ2v) is 5.90. The van der Waals surface area contributed by atoms with E-state index in [1.54, 1.807) is 0 Å². The lowest BCUT2D eigenvalue weighted by molar-refractivity contribution is 0.0961. The Morgan fingerprint density at radius 2 is 1.55 bits per heavy atom. The Morgan fingerprint density at radius 1 is 0.950 bits per heavy atom. The van der Waals surface area contributed by atoms with Gasteiger partial charge in [0.25, 0.3) is 0 Å². The highest BCUT2D eigenvalue weighted by molar-refractivity contribution is 7.79. The molecule has 0 aromatic heterocycles. The zero-order valence-corrected chi connectivity index (χ0v) is 12.5. The number of rotatable bonds is 2. The minimum Gasteiger partial charge on any atom is -0.457 e. The number of ether oxygens (including phenoxy) is 2. The van der Waals surface area contributed by atoms with Crippen LogP contribution in [-0.2, 0) is 16.0 Å². The topological polar surface area (TPSA) is 21.7 Å². The van der Waals surface area contributed by atoms with Crippen molar-refractivity contribution in [2.24, 2.45) is 0 Å². The average Bonchev–Trinajstić information content (AvgIpc) is 2.81. The minimum absolute atomic E-state index is 0.320. The van der Waals surface area contributed by atoms with Crippen molar-refractivity contribution in [1.29, 1.82) is 0 Å². The van der Waals surface area contributed by atoms with E-state index in [9.17, 15) is 0 Å². The Hall–Kier alpha value is -1.13. The van der Waals surface area contributed by atoms with Crippen molar-refractivity contribution in [3.63, 3.8) is 0 Å². The van der Waals surface area contributed by atoms with Gasteiger partial charge in [0.2, 0.25) is 0 Å². The van der Waals surface area contributed by atoms with Gasteiger partial charge in [0.05, 0.1) is 13.2 Å². The molecule has 3 rings (SSSR count). The van der Waals surface area contributed by atoms with E-state index in [0.29, 0.717) is 30.5 Å². The van der Waals surface area contributed by atoms with Gasteiger partial charge in [-0.3, -0.25) is 4.90 Å². The molecule has 0 unspecified atom stereocenters. The molecule has 2 fully saturated rings. The van der Waals surface area contributed by atoms with E-state index in [-0.39, 0.29) is 0 Å². The van der Waals surface area contributed by atoms with Gasteiger partial charge in [0, 0.05) is 30.8 Å². The fraction of sp³-hybridized carbons (Fsp3) is 0.562. The molecule has 2 bridgehead atoms. The molecule has 2 saturated heterocycles. The molecule has 2 aliphatic heterocycles. The molecular weight excluding hydrogens is 270 g/mol. The van der Waals surface area contributed by atoms with Crippen LogP contribution >= 0.6 is 12.2 Å². The summed E-state index contributed by atoms with van der Waals surface area (Å²) in [7, 11) is 0. The molecule has 2 aliphatic rings. The number of fused-ring (bicyclic) bond motifs is 2. The SMILES string of the molecule is S=C1OCC[C@@H]2CC[C@H](CCO1)N2Cc1ccccc1. The van der Waals surface area contributed by atoms with Gasteiger partial charge >= 0.3 is 5.24 Å². The first kappa shape index (κ1) is 13.8. The van der Waals surface area contributed by atoms with E-state index >= 15 is 0 Å². The van der Waals surface area contributed by atoms with Crippen LogP contribution in [0.1, 0.15) is 31.2 Å². The summed E-state index contributed by atoms with van der Waals surface area (Å²) in [5.41, 5.74) is 1.39. The maximum absolute atomic E-state index is 5.45. The first-order valence-corrected chi connectivity index (χ1v) is 7.83. The first-order valence-electron chi connectivity index (χ1n) is 7.42. The molecule has 0 N–H and O–H groups in total. The maximum atomic E-state index is 5.45. The second kappa shape index (κ2) is 6.55. The first-order chi connectivity index (χ1) is 9.83. The van der Waals surface area contributed by atoms with Crippen molar-refractivity contribution in [2.75, 3.05) is 13.2 Å². The molecule has 0 amide bonds. The van der Waals surface area contributed by atoms with Crippen molar-refractivity contribution in [2.45, 2.75) is 44.3 Å². The molecule has 20 heavy (non-hydrogen) atoms. The Balaban J connectivity index is 1.70. The van der Waals surface area contributed by atoms with E-state index in [4.69, 9.17) is 21.7 Å². The van der Waals surface area contributed by atoms with Crippen LogP contribution in [-0.4, -0.2) is 35.4 Å². The summed E-state index contributed by atoms with van der Waals surface area (Å²) in [6, 6.07) is 11.9. The van der Waals surface area contributed by atoms with Crippen molar-refractivity contribution < 1.29 is 9.47 Å². The number of hydrogen-bond donors (Lipinski definition) is 0. The maximum Gasteiger partial charge on any atom is 0.352 e. The lowest BCUT2D eigenvalue weighted by atomic mass is 10.1. The van der Waals surface area contributed by atoms with Crippen LogP contribution < -0.4 is 0 Å². The van der Waals surface area contributed by atoms with Crippen LogP contribution in [0.3, 0.4) is 0 Å². The van der Waals surface area contributed by atoms with Crippen LogP contribution in [0, 0.1) is 0 Å². The summed E-state index contributed by atoms with van der Waals surface area (Å²) >= 11 is 5.03. The van der Waals surface area contributed by atoms with Gasteiger partial charge in [-0.2, -0.15) is 0 Å². The average molecular weight is 291 g/mol. The van der Waals surface area contributed by atoms with Gasteiger partial charge in [0.15, 0.2) is 0 Å². The van der Waals surface area contributed by atoms with Crippen molar-refractivity contribution >= 4 is 17.5 Å². The highest BCUT2D eigenvalue weighted by Gasteiger charge is 2.33. The van der Waals surface area contributed by atoms with Gasteiger partial charge < -0.3 is 9.47 Å². The molecule has 0 spiro atoms. The third-order valence-electron chi connectivity index (χ3n) is 4.32. The lowest BCUT2D eigenvalue weighted by Gasteiger charge is -2.31. The molecule has 3 nitrogen and oxygen atoms in total. The summed E-state index contributed by atoms with van der Waals surface area (Å²) < 4.78 is 10.9. The molecule has 1 aromatic rings. The van der Waals surface area contributed by atoms with Crippen LogP contribution in [0.5, 0.6) is 0 Å². The number of hydrogen-bond acceptors (Lipinski definition) is 4. The van der Waals surface area contributed by atoms with Crippen LogP contribution in [0.2, 0.25) is 0 Å². The Morgan fingerprint density at radius 3 is 2.15 bits per heavy atom. The normalized spacial score (nSPS) is 27.7. The van der Waals surface area contributed by atoms with E-state index < -0.39 is 0 Å². The molecule has 0 aliphatic carbocycles. The molecule has 4 heteroatoms. The van der Waals surface area contributed by atoms with Crippen molar-refractivity contribution in [3.05, 3.63) is 35.9 Å². The third kappa shape index (κ3) is 3.30. The number of thiocarbonyl (C=S) groups is 1. The number of benzene rings is 1. The van der Waals surface area contributed by atoms with Crippen molar-refractivity contribution in [1.82, 2.24) is 4.90 Å². The Labute approximate surface area is 125 Å². The van der Waals surface area contributed by atoms with Gasteiger partial charge in [0.1, 0.15) is 0 Å². The minimum atomic E-state index is 0.320. The third-order valence-corrected chi connectivity index (χ3v) is 4.56. The predicted octanol–water partition coefficient (Wildman–Crippen LogP) is 3.13. The summed E-state index contributed by atoms with van der Waals surface area (Å²) in [5, 5.41) is 0.320. The van der Waals surface area contributed by atoms with E-state index in [1.807, 2.05) is 0 Å². The van der Waals surface area contributed by atoms with Gasteiger partial charge in [-0.1, -0.05) is 30.3 Å². The van der Waals surface area contributed by atoms with Gasteiger partial charge in [-0.05, 0) is 31.2 Å². The standard InChI is InChI=1S/C16H21NO2S/c20-16-18-10-8-14-6-7-15(9-11-19-16)17(14)12-13-4-2-1-3-5-13/h1-5,14-15H,6-12H2/t14-,15+. The smallest absolute Gasteiger partial charge is 0.352 e. The highest BCUT2D eigenvalue weighted by Crippen LogP contribution is 2.30. The summed E-state index contributed by atoms with van der Waals surface area (Å²) in [4.78, 5) is 2.64. The van der Waals surface area contributed by atoms with Gasteiger partial charge in [-0.25, -0.2) is 0 Å². The van der Waals surface area contributed by atoms with E-state index in [2.05, 4.69) is 35.2 Å². The van der Waals surface area contributed by atoms with Crippen molar-refractivity contribution in [3.8, 4) is 0 Å². The lowest BCUT2D eigenvalue weighted by Crippen LogP contribution is -2.38. The summed E-state index contributed by atoms with van der Waals surface area (Å²) in [5.74, 6) is 0. The summed E-state index contributed by atoms with van der Waals surface area (Å²) in [6.07, 6.45) is 4.58. The Kier molecular flexibility index (Phi) is 4.53. The molecule has 1 aromatic carbocycles. The zero-order chi connectivity index (χ0) is 13.8. The van der Waals surface area contributed by atoms with Crippen LogP contribution in [0.4, 0.5) is 0 Å². The van der Waals surface area contributed by atoms with Gasteiger partial charge in [-0.15, -0.1) is 0 Å². The zero-order valence-electron chi connectivity index (χ0n) is 11.7. The molecular formula is C16H21NO2S. The fourth-order valence-electron chi connectivity index (χ4n) is 3.29. The molecule has 0 saturated carbocycles. The van der Waals surface area contributed by atoms with Crippen LogP contribution in [0.25, 0.3) is 0 Å². The van der Waals surface area contributed by atoms with Crippen LogP contribution in [0.15, 0.2) is 30.3 Å². The fourth-order valence-corrected chi connectivity index (χ4v) is 3.45. The molecule has 2 heterocycles. The van der Waals surface area contributed by atoms with E-state index in [1.165, 1.54) is 18.4 Å². The number of nitrogens with zero attached hydrogens (tertiary/aromatic N) is 1. The monoisotopic (exact) mass is 291 g/mol. The van der Waals surface area contributed by atoms with E-state index in [0.717, 1.165) is 19.4 Å². The molecule has 108 valence electrons. The second-order valence-electron chi connectivity index (χ2n) is 5.57. The molecule has 0 radical (unpaired) electrons. The summed E-state index contributed by atoms with van der Waals surface area (Å²) in [6.45, 7) is 2.36. The highest BCUT2D eigenvalue weighted by atomic mass is 32.1. The quantitative estimate of drug-likeness (QED) is 0.780.